The van der Waals surface area contributed by atoms with Gasteiger partial charge in [0.15, 0.2) is 0 Å². The summed E-state index contributed by atoms with van der Waals surface area (Å²) in [6, 6.07) is 10.7. The van der Waals surface area contributed by atoms with Crippen molar-refractivity contribution in [3.63, 3.8) is 0 Å². The number of likely N-dealkylation sites (N-methyl/N-ethyl adjacent to an activating group) is 1. The SMILES string of the molecule is CNC(=S)/C(C#N)=C(\O)c1ccccc1. The largest absolute Gasteiger partial charge is 0.506 e. The molecule has 0 aromatic heterocycles. The Kier molecular flexibility index (Phi) is 3.83. The molecule has 76 valence electrons. The molecule has 4 heteroatoms. The number of nitriles is 1. The van der Waals surface area contributed by atoms with Crippen molar-refractivity contribution in [3.8, 4) is 6.07 Å². The zero-order chi connectivity index (χ0) is 11.3. The van der Waals surface area contributed by atoms with Gasteiger partial charge in [-0.25, -0.2) is 0 Å². The highest BCUT2D eigenvalue weighted by atomic mass is 32.1. The maximum atomic E-state index is 9.81. The van der Waals surface area contributed by atoms with E-state index in [1.807, 2.05) is 12.1 Å². The van der Waals surface area contributed by atoms with Crippen LogP contribution in [0.15, 0.2) is 35.9 Å². The van der Waals surface area contributed by atoms with Gasteiger partial charge in [0.05, 0.1) is 0 Å². The Morgan fingerprint density at radius 1 is 1.40 bits per heavy atom. The van der Waals surface area contributed by atoms with Crippen LogP contribution in [0.25, 0.3) is 5.76 Å². The van der Waals surface area contributed by atoms with E-state index in [4.69, 9.17) is 17.5 Å². The third-order valence-electron chi connectivity index (χ3n) is 1.85. The van der Waals surface area contributed by atoms with E-state index in [0.29, 0.717) is 5.56 Å². The molecule has 1 aromatic carbocycles. The molecular formula is C11H10N2OS. The normalized spacial score (nSPS) is 11.2. The van der Waals surface area contributed by atoms with E-state index in [1.54, 1.807) is 31.3 Å². The van der Waals surface area contributed by atoms with Gasteiger partial charge < -0.3 is 10.4 Å². The number of nitrogens with one attached hydrogen (secondary N) is 1. The van der Waals surface area contributed by atoms with Crippen LogP contribution in [0.4, 0.5) is 0 Å². The number of thiocarbonyl (C=S) groups is 1. The number of aliphatic hydroxyl groups excluding tert-OH is 1. The van der Waals surface area contributed by atoms with Gasteiger partial charge in [0.2, 0.25) is 0 Å². The lowest BCUT2D eigenvalue weighted by atomic mass is 10.1. The van der Waals surface area contributed by atoms with Crippen LogP contribution in [0.2, 0.25) is 0 Å². The van der Waals surface area contributed by atoms with E-state index >= 15 is 0 Å². The Hall–Kier alpha value is -1.86. The van der Waals surface area contributed by atoms with Gasteiger partial charge in [-0.2, -0.15) is 5.26 Å². The van der Waals surface area contributed by atoms with Crippen molar-refractivity contribution in [1.29, 1.82) is 5.26 Å². The quantitative estimate of drug-likeness (QED) is 0.345. The Bertz CT molecular complexity index is 432. The molecule has 0 aliphatic rings. The number of aliphatic hydroxyl groups is 1. The van der Waals surface area contributed by atoms with Crippen LogP contribution < -0.4 is 5.32 Å². The summed E-state index contributed by atoms with van der Waals surface area (Å²) in [5.41, 5.74) is 0.658. The lowest BCUT2D eigenvalue weighted by Crippen LogP contribution is -2.18. The molecule has 0 atom stereocenters. The van der Waals surface area contributed by atoms with Crippen molar-refractivity contribution in [2.75, 3.05) is 7.05 Å². The van der Waals surface area contributed by atoms with Gasteiger partial charge in [0, 0.05) is 12.6 Å². The van der Waals surface area contributed by atoms with Crippen molar-refractivity contribution in [3.05, 3.63) is 41.5 Å². The Labute approximate surface area is 93.7 Å². The highest BCUT2D eigenvalue weighted by Crippen LogP contribution is 2.15. The first-order valence-electron chi connectivity index (χ1n) is 4.31. The van der Waals surface area contributed by atoms with E-state index < -0.39 is 0 Å². The molecule has 1 rings (SSSR count). The van der Waals surface area contributed by atoms with E-state index in [2.05, 4.69) is 5.32 Å². The predicted octanol–water partition coefficient (Wildman–Crippen LogP) is 2.03. The number of nitrogens with zero attached hydrogens (tertiary/aromatic N) is 1. The Morgan fingerprint density at radius 3 is 2.47 bits per heavy atom. The topological polar surface area (TPSA) is 56.0 Å². The highest BCUT2D eigenvalue weighted by molar-refractivity contribution is 7.80. The summed E-state index contributed by atoms with van der Waals surface area (Å²) >= 11 is 4.90. The van der Waals surface area contributed by atoms with E-state index in [0.717, 1.165) is 0 Å². The molecule has 1 aromatic rings. The Balaban J connectivity index is 3.20. The molecule has 0 aliphatic heterocycles. The molecule has 0 spiro atoms. The first-order chi connectivity index (χ1) is 7.20. The van der Waals surface area contributed by atoms with E-state index in [-0.39, 0.29) is 16.3 Å². The predicted molar refractivity (Wildman–Crippen MR) is 63.3 cm³/mol. The summed E-state index contributed by atoms with van der Waals surface area (Å²) in [4.78, 5) is 0.235. The summed E-state index contributed by atoms with van der Waals surface area (Å²) in [6.45, 7) is 0. The van der Waals surface area contributed by atoms with Crippen molar-refractivity contribution < 1.29 is 5.11 Å². The monoisotopic (exact) mass is 218 g/mol. The minimum Gasteiger partial charge on any atom is -0.506 e. The smallest absolute Gasteiger partial charge is 0.143 e. The molecule has 0 heterocycles. The summed E-state index contributed by atoms with van der Waals surface area (Å²) in [6.07, 6.45) is 0. The van der Waals surface area contributed by atoms with Crippen molar-refractivity contribution in [1.82, 2.24) is 5.32 Å². The fourth-order valence-corrected chi connectivity index (χ4v) is 1.22. The molecule has 15 heavy (non-hydrogen) atoms. The third-order valence-corrected chi connectivity index (χ3v) is 2.26. The van der Waals surface area contributed by atoms with Crippen molar-refractivity contribution in [2.45, 2.75) is 0 Å². The molecular weight excluding hydrogens is 208 g/mol. The van der Waals surface area contributed by atoms with Crippen LogP contribution in [-0.2, 0) is 0 Å². The summed E-state index contributed by atoms with van der Waals surface area (Å²) in [5.74, 6) is -0.0996. The fourth-order valence-electron chi connectivity index (χ4n) is 1.08. The molecule has 0 saturated carbocycles. The second-order valence-corrected chi connectivity index (χ2v) is 3.19. The van der Waals surface area contributed by atoms with Gasteiger partial charge in [-0.1, -0.05) is 42.5 Å². The van der Waals surface area contributed by atoms with Crippen LogP contribution in [0, 0.1) is 11.3 Å². The standard InChI is InChI=1S/C11H10N2OS/c1-13-11(15)9(7-12)10(14)8-5-3-2-4-6-8/h2-6,14H,1H3,(H,13,15)/b10-9-. The average molecular weight is 218 g/mol. The molecule has 0 saturated heterocycles. The van der Waals surface area contributed by atoms with Crippen molar-refractivity contribution in [2.24, 2.45) is 0 Å². The van der Waals surface area contributed by atoms with E-state index in [9.17, 15) is 5.11 Å². The average Bonchev–Trinajstić information content (AvgIpc) is 2.30. The summed E-state index contributed by atoms with van der Waals surface area (Å²) in [7, 11) is 1.61. The van der Waals surface area contributed by atoms with Gasteiger partial charge >= 0.3 is 0 Å². The van der Waals surface area contributed by atoms with Gasteiger partial charge in [-0.05, 0) is 0 Å². The van der Waals surface area contributed by atoms with Crippen molar-refractivity contribution >= 4 is 23.0 Å². The lowest BCUT2D eigenvalue weighted by Gasteiger charge is -2.04. The zero-order valence-corrected chi connectivity index (χ0v) is 9.01. The molecule has 3 nitrogen and oxygen atoms in total. The second kappa shape index (κ2) is 5.13. The minimum absolute atomic E-state index is 0.0821. The maximum absolute atomic E-state index is 9.81. The molecule has 0 amide bonds. The van der Waals surface area contributed by atoms with Crippen LogP contribution in [0.5, 0.6) is 0 Å². The molecule has 0 radical (unpaired) electrons. The number of hydrogen-bond acceptors (Lipinski definition) is 3. The minimum atomic E-state index is -0.0996. The molecule has 0 fully saturated rings. The molecule has 2 N–H and O–H groups in total. The third kappa shape index (κ3) is 2.55. The summed E-state index contributed by atoms with van der Waals surface area (Å²) in [5, 5.41) is 21.3. The summed E-state index contributed by atoms with van der Waals surface area (Å²) < 4.78 is 0. The lowest BCUT2D eigenvalue weighted by molar-refractivity contribution is 0.510. The van der Waals surface area contributed by atoms with Gasteiger partial charge in [-0.3, -0.25) is 0 Å². The van der Waals surface area contributed by atoms with Crippen LogP contribution in [-0.4, -0.2) is 17.1 Å². The highest BCUT2D eigenvalue weighted by Gasteiger charge is 2.10. The number of rotatable bonds is 2. The molecule has 0 aliphatic carbocycles. The molecule has 0 unspecified atom stereocenters. The fraction of sp³-hybridized carbons (Fsp3) is 0.0909. The van der Waals surface area contributed by atoms with Gasteiger partial charge in [0.1, 0.15) is 22.4 Å². The van der Waals surface area contributed by atoms with Gasteiger partial charge in [-0.15, -0.1) is 0 Å². The second-order valence-electron chi connectivity index (χ2n) is 2.78. The Morgan fingerprint density at radius 2 is 2.00 bits per heavy atom. The first kappa shape index (κ1) is 11.2. The van der Waals surface area contributed by atoms with Crippen LogP contribution in [0.3, 0.4) is 0 Å². The van der Waals surface area contributed by atoms with E-state index in [1.165, 1.54) is 0 Å². The maximum Gasteiger partial charge on any atom is 0.143 e. The first-order valence-corrected chi connectivity index (χ1v) is 4.72. The number of hydrogen-bond donors (Lipinski definition) is 2. The zero-order valence-electron chi connectivity index (χ0n) is 8.19. The van der Waals surface area contributed by atoms with Crippen LogP contribution in [0.1, 0.15) is 5.56 Å². The molecule has 0 bridgehead atoms. The van der Waals surface area contributed by atoms with Gasteiger partial charge in [0.25, 0.3) is 0 Å². The number of benzene rings is 1. The van der Waals surface area contributed by atoms with Crippen LogP contribution >= 0.6 is 12.2 Å².